The minimum atomic E-state index is -1.29. The SMILES string of the molecule is C1CCCC1.C1CCCC1.CC(C)N(C(C)C)P(CCC(=O)c1ccc(CC(=O)CC2CCCC2)cc1)OCCC#N.CC(C)N(C(C)C)P(OCCC#N)OCNC(=O)C1CCCC1.[CH3-].[CH3-].[CH3-].[CH3-].[Fe+2].[Fe+2]. The predicted molar refractivity (Wildman–Crippen MR) is 294 cm³/mol. The summed E-state index contributed by atoms with van der Waals surface area (Å²) in [7, 11) is -2.24. The van der Waals surface area contributed by atoms with Gasteiger partial charge >= 0.3 is 34.1 Å². The molecular formula is C56H101Fe2N5O6P2. The predicted octanol–water partition coefficient (Wildman–Crippen LogP) is 15.6. The second-order valence-electron chi connectivity index (χ2n) is 19.2. The number of Topliss-reactive ketones (excluding diaryl/α,β-unsaturated/α-hetero) is 2. The molecule has 5 rings (SSSR count). The fraction of sp³-hybridized carbons (Fsp3) is 0.732. The largest absolute Gasteiger partial charge is 2.00 e. The van der Waals surface area contributed by atoms with Crippen LogP contribution in [0.3, 0.4) is 0 Å². The normalized spacial score (nSPS) is 15.8. The summed E-state index contributed by atoms with van der Waals surface area (Å²) in [4.78, 5) is 37.2. The van der Waals surface area contributed by atoms with Crippen LogP contribution < -0.4 is 5.32 Å². The summed E-state index contributed by atoms with van der Waals surface area (Å²) in [6.45, 7) is 17.8. The monoisotopic (exact) mass is 1110 g/mol. The van der Waals surface area contributed by atoms with Gasteiger partial charge in [-0.05, 0) is 79.7 Å². The number of nitrogens with zero attached hydrogens (tertiary/aromatic N) is 4. The molecule has 0 aliphatic heterocycles. The molecule has 0 aromatic heterocycles. The van der Waals surface area contributed by atoms with Gasteiger partial charge in [0, 0.05) is 61.1 Å². The summed E-state index contributed by atoms with van der Waals surface area (Å²) in [5, 5.41) is 20.4. The molecule has 1 aromatic rings. The molecule has 0 saturated heterocycles. The second kappa shape index (κ2) is 48.4. The Bertz CT molecular complexity index is 1480. The zero-order valence-electron chi connectivity index (χ0n) is 46.7. The third-order valence-corrected chi connectivity index (χ3v) is 16.9. The second-order valence-corrected chi connectivity index (χ2v) is 22.5. The molecule has 11 nitrogen and oxygen atoms in total. The first kappa shape index (κ1) is 78.6. The van der Waals surface area contributed by atoms with E-state index in [2.05, 4.69) is 82.2 Å². The van der Waals surface area contributed by atoms with Gasteiger partial charge in [-0.3, -0.25) is 19.1 Å². The van der Waals surface area contributed by atoms with Crippen LogP contribution in [0.5, 0.6) is 0 Å². The molecule has 0 spiro atoms. The van der Waals surface area contributed by atoms with Crippen LogP contribution in [0.15, 0.2) is 24.3 Å². The van der Waals surface area contributed by atoms with E-state index in [-0.39, 0.29) is 100 Å². The van der Waals surface area contributed by atoms with Crippen molar-refractivity contribution in [3.63, 3.8) is 0 Å². The minimum absolute atomic E-state index is 0. The fourth-order valence-electron chi connectivity index (χ4n) is 9.11. The molecule has 1 aromatic carbocycles. The number of hydrogen-bond acceptors (Lipinski definition) is 10. The molecule has 0 radical (unpaired) electrons. The van der Waals surface area contributed by atoms with E-state index in [0.717, 1.165) is 31.2 Å². The van der Waals surface area contributed by atoms with Gasteiger partial charge in [-0.2, -0.15) is 10.5 Å². The Labute approximate surface area is 461 Å². The van der Waals surface area contributed by atoms with Crippen molar-refractivity contribution in [3.05, 3.63) is 65.1 Å². The van der Waals surface area contributed by atoms with Gasteiger partial charge < -0.3 is 48.6 Å². The molecule has 4 aliphatic carbocycles. The van der Waals surface area contributed by atoms with E-state index < -0.39 is 16.8 Å². The zero-order valence-corrected chi connectivity index (χ0v) is 50.7. The van der Waals surface area contributed by atoms with E-state index in [1.165, 1.54) is 89.9 Å². The third-order valence-electron chi connectivity index (χ3n) is 12.3. The molecule has 71 heavy (non-hydrogen) atoms. The summed E-state index contributed by atoms with van der Waals surface area (Å²) < 4.78 is 22.1. The van der Waals surface area contributed by atoms with E-state index in [4.69, 9.17) is 24.1 Å². The van der Waals surface area contributed by atoms with Gasteiger partial charge in [-0.1, -0.05) is 127 Å². The number of hydrogen-bond donors (Lipinski definition) is 1. The first-order valence-corrected chi connectivity index (χ1v) is 28.0. The van der Waals surface area contributed by atoms with Gasteiger partial charge in [-0.15, -0.1) is 0 Å². The van der Waals surface area contributed by atoms with Gasteiger partial charge in [-0.25, -0.2) is 4.67 Å². The van der Waals surface area contributed by atoms with E-state index in [1.54, 1.807) is 0 Å². The van der Waals surface area contributed by atoms with Gasteiger partial charge in [0.05, 0.1) is 38.2 Å². The molecule has 412 valence electrons. The molecule has 4 fully saturated rings. The number of carbonyl (C=O) groups excluding carboxylic acids is 3. The molecule has 0 bridgehead atoms. The first-order chi connectivity index (χ1) is 31.3. The molecule has 15 heteroatoms. The van der Waals surface area contributed by atoms with Crippen LogP contribution in [-0.4, -0.2) is 77.1 Å². The van der Waals surface area contributed by atoms with Crippen molar-refractivity contribution in [2.75, 3.05) is 26.1 Å². The topological polar surface area (TPSA) is 145 Å². The molecule has 1 N–H and O–H groups in total. The Morgan fingerprint density at radius 1 is 0.620 bits per heavy atom. The summed E-state index contributed by atoms with van der Waals surface area (Å²) in [5.41, 5.74) is 1.67. The maximum Gasteiger partial charge on any atom is 2.00 e. The van der Waals surface area contributed by atoms with Crippen LogP contribution in [0, 0.1) is 64.2 Å². The summed E-state index contributed by atoms with van der Waals surface area (Å²) >= 11 is 0. The number of rotatable bonds is 24. The Morgan fingerprint density at radius 2 is 1.04 bits per heavy atom. The van der Waals surface area contributed by atoms with Crippen molar-refractivity contribution >= 4 is 34.3 Å². The Balaban J connectivity index is -0.000000325. The van der Waals surface area contributed by atoms with Crippen molar-refractivity contribution in [2.24, 2.45) is 11.8 Å². The van der Waals surface area contributed by atoms with E-state index in [1.807, 2.05) is 24.3 Å². The molecule has 4 saturated carbocycles. The minimum Gasteiger partial charge on any atom is -0.358 e. The summed E-state index contributed by atoms with van der Waals surface area (Å²) in [6, 6.07) is 12.9. The number of nitriles is 2. The summed E-state index contributed by atoms with van der Waals surface area (Å²) in [5.74, 6) is 1.19. The van der Waals surface area contributed by atoms with Gasteiger partial charge in [0.25, 0.3) is 8.53 Å². The maximum absolute atomic E-state index is 12.8. The van der Waals surface area contributed by atoms with Gasteiger partial charge in [0.15, 0.2) is 5.78 Å². The molecule has 4 aliphatic rings. The average Bonchev–Trinajstić information content (AvgIpc) is 4.13. The van der Waals surface area contributed by atoms with Crippen molar-refractivity contribution in [2.45, 2.75) is 227 Å². The number of carbonyl (C=O) groups is 3. The number of amides is 1. The number of nitrogens with one attached hydrogen (secondary N) is 1. The quantitative estimate of drug-likeness (QED) is 0.0265. The Hall–Kier alpha value is -1.29. The average molecular weight is 1110 g/mol. The van der Waals surface area contributed by atoms with Crippen molar-refractivity contribution in [1.29, 1.82) is 10.5 Å². The van der Waals surface area contributed by atoms with Crippen LogP contribution in [0.2, 0.25) is 0 Å². The van der Waals surface area contributed by atoms with Crippen molar-refractivity contribution < 1.29 is 62.1 Å². The van der Waals surface area contributed by atoms with Crippen LogP contribution in [-0.2, 0) is 63.7 Å². The number of ketones is 2. The zero-order chi connectivity index (χ0) is 47.8. The van der Waals surface area contributed by atoms with E-state index in [9.17, 15) is 14.4 Å². The first-order valence-electron chi connectivity index (χ1n) is 25.5. The van der Waals surface area contributed by atoms with Crippen LogP contribution in [0.1, 0.15) is 213 Å². The van der Waals surface area contributed by atoms with Gasteiger partial charge in [0.2, 0.25) is 5.91 Å². The van der Waals surface area contributed by atoms with Crippen LogP contribution in [0.4, 0.5) is 0 Å². The third kappa shape index (κ3) is 34.8. The van der Waals surface area contributed by atoms with Crippen LogP contribution in [0.25, 0.3) is 0 Å². The summed E-state index contributed by atoms with van der Waals surface area (Å²) in [6.07, 6.45) is 27.0. The van der Waals surface area contributed by atoms with Crippen LogP contribution >= 0.6 is 16.8 Å². The van der Waals surface area contributed by atoms with Gasteiger partial charge in [0.1, 0.15) is 20.8 Å². The van der Waals surface area contributed by atoms with Crippen molar-refractivity contribution in [3.8, 4) is 12.1 Å². The van der Waals surface area contributed by atoms with E-state index >= 15 is 0 Å². The fourth-order valence-corrected chi connectivity index (χ4v) is 12.9. The number of benzene rings is 1. The standard InChI is InChI=1S/C26H39N2O3P.C16H30N3O3P.2C5H10.4CH3.2Fe/c1-20(2)28(21(3)4)32(31-16-7-15-27)17-14-26(30)24-12-10-23(11-13-24)19-25(29)18-22-8-5-6-9-22;1-13(2)19(14(3)4)23(21-11-7-10-17)22-12-18-16(20)15-8-5-6-9-15;2*1-2-4-5-3-1;;;;;;/h10-13,20-22H,5-9,14,16-19H2,1-4H3;13-15H,5-9,11-12H2,1-4H3,(H,18,20);2*1-5H2;4*1H3;;/q;;;;4*-1;2*+2. The Morgan fingerprint density at radius 3 is 1.46 bits per heavy atom. The van der Waals surface area contributed by atoms with E-state index in [0.29, 0.717) is 80.8 Å². The maximum atomic E-state index is 12.8. The molecule has 2 unspecified atom stereocenters. The molecular weight excluding hydrogens is 1010 g/mol. The Kier molecular flexibility index (Phi) is 53.5. The molecule has 2 atom stereocenters. The molecule has 0 heterocycles. The smallest absolute Gasteiger partial charge is 0.358 e. The van der Waals surface area contributed by atoms with Crippen molar-refractivity contribution in [1.82, 2.24) is 14.7 Å². The molecule has 1 amide bonds.